The van der Waals surface area contributed by atoms with Crippen molar-refractivity contribution < 1.29 is 14.0 Å². The SMILES string of the molecule is CC(C)CCC(CCC(C)C)O[P+](=O)O. The molecule has 1 unspecified atom stereocenters. The minimum absolute atomic E-state index is 0.0524. The van der Waals surface area contributed by atoms with Crippen molar-refractivity contribution in [3.8, 4) is 0 Å². The zero-order valence-electron chi connectivity index (χ0n) is 10.3. The summed E-state index contributed by atoms with van der Waals surface area (Å²) in [6.07, 6.45) is 3.80. The lowest BCUT2D eigenvalue weighted by molar-refractivity contribution is 0.155. The average Bonchev–Trinajstić information content (AvgIpc) is 2.08. The molecule has 0 radical (unpaired) electrons. The molecule has 4 heteroatoms. The predicted octanol–water partition coefficient (Wildman–Crippen LogP) is 3.89. The average molecular weight is 235 g/mol. The molecule has 3 nitrogen and oxygen atoms in total. The van der Waals surface area contributed by atoms with Crippen molar-refractivity contribution in [2.45, 2.75) is 59.5 Å². The van der Waals surface area contributed by atoms with Crippen molar-refractivity contribution in [2.75, 3.05) is 0 Å². The number of hydrogen-bond acceptors (Lipinski definition) is 2. The molecular weight excluding hydrogens is 211 g/mol. The van der Waals surface area contributed by atoms with E-state index in [1.54, 1.807) is 0 Å². The fourth-order valence-corrected chi connectivity index (χ4v) is 1.88. The maximum Gasteiger partial charge on any atom is 0.694 e. The van der Waals surface area contributed by atoms with Gasteiger partial charge in [0.05, 0.1) is 0 Å². The lowest BCUT2D eigenvalue weighted by Crippen LogP contribution is -2.11. The van der Waals surface area contributed by atoms with E-state index in [9.17, 15) is 4.57 Å². The van der Waals surface area contributed by atoms with E-state index < -0.39 is 8.25 Å². The molecule has 1 atom stereocenters. The van der Waals surface area contributed by atoms with E-state index in [0.29, 0.717) is 11.8 Å². The summed E-state index contributed by atoms with van der Waals surface area (Å²) in [7, 11) is -2.45. The Balaban J connectivity index is 3.89. The molecule has 0 amide bonds. The summed E-state index contributed by atoms with van der Waals surface area (Å²) in [4.78, 5) is 8.74. The largest absolute Gasteiger partial charge is 0.694 e. The van der Waals surface area contributed by atoms with Gasteiger partial charge in [-0.05, 0) is 37.5 Å². The van der Waals surface area contributed by atoms with Gasteiger partial charge in [0.15, 0.2) is 0 Å². The van der Waals surface area contributed by atoms with Crippen LogP contribution < -0.4 is 0 Å². The van der Waals surface area contributed by atoms with Crippen LogP contribution in [0.15, 0.2) is 0 Å². The van der Waals surface area contributed by atoms with Crippen molar-refractivity contribution >= 4 is 8.25 Å². The van der Waals surface area contributed by atoms with Crippen molar-refractivity contribution in [3.63, 3.8) is 0 Å². The summed E-state index contributed by atoms with van der Waals surface area (Å²) < 4.78 is 15.6. The fraction of sp³-hybridized carbons (Fsp3) is 1.00. The third-order valence-electron chi connectivity index (χ3n) is 2.37. The van der Waals surface area contributed by atoms with Gasteiger partial charge in [-0.15, -0.1) is 9.42 Å². The minimum Gasteiger partial charge on any atom is -0.133 e. The van der Waals surface area contributed by atoms with Crippen LogP contribution in [0.25, 0.3) is 0 Å². The molecule has 0 rings (SSSR count). The van der Waals surface area contributed by atoms with Crippen molar-refractivity contribution in [3.05, 3.63) is 0 Å². The molecule has 0 aliphatic carbocycles. The quantitative estimate of drug-likeness (QED) is 0.649. The summed E-state index contributed by atoms with van der Waals surface area (Å²) in [6.45, 7) is 8.61. The van der Waals surface area contributed by atoms with Gasteiger partial charge in [-0.2, -0.15) is 0 Å². The first-order valence-electron chi connectivity index (χ1n) is 5.74. The molecule has 0 aromatic heterocycles. The molecule has 0 aliphatic rings. The maximum absolute atomic E-state index is 10.6. The lowest BCUT2D eigenvalue weighted by atomic mass is 9.99. The van der Waals surface area contributed by atoms with Gasteiger partial charge in [-0.3, -0.25) is 0 Å². The van der Waals surface area contributed by atoms with Gasteiger partial charge in [0.25, 0.3) is 0 Å². The molecule has 90 valence electrons. The van der Waals surface area contributed by atoms with Crippen molar-refractivity contribution in [2.24, 2.45) is 11.8 Å². The third-order valence-corrected chi connectivity index (χ3v) is 2.85. The molecule has 0 aliphatic heterocycles. The minimum atomic E-state index is -2.45. The molecular formula is C11H24O3P+. The number of rotatable bonds is 8. The van der Waals surface area contributed by atoms with E-state index in [1.165, 1.54) is 0 Å². The van der Waals surface area contributed by atoms with Crippen LogP contribution in [0.5, 0.6) is 0 Å². The Kier molecular flexibility index (Phi) is 8.22. The van der Waals surface area contributed by atoms with E-state index in [4.69, 9.17) is 9.42 Å². The highest BCUT2D eigenvalue weighted by atomic mass is 31.1. The molecule has 0 spiro atoms. The van der Waals surface area contributed by atoms with E-state index in [0.717, 1.165) is 25.7 Å². The van der Waals surface area contributed by atoms with Gasteiger partial charge in [0.2, 0.25) is 0 Å². The Morgan fingerprint density at radius 2 is 1.40 bits per heavy atom. The third kappa shape index (κ3) is 10.3. The molecule has 0 bridgehead atoms. The van der Waals surface area contributed by atoms with E-state index in [-0.39, 0.29) is 6.10 Å². The van der Waals surface area contributed by atoms with E-state index in [1.807, 2.05) is 0 Å². The van der Waals surface area contributed by atoms with Gasteiger partial charge >= 0.3 is 8.25 Å². The molecule has 0 saturated carbocycles. The predicted molar refractivity (Wildman–Crippen MR) is 62.8 cm³/mol. The summed E-state index contributed by atoms with van der Waals surface area (Å²) >= 11 is 0. The lowest BCUT2D eigenvalue weighted by Gasteiger charge is -2.13. The summed E-state index contributed by atoms with van der Waals surface area (Å²) in [5.41, 5.74) is 0. The first-order chi connectivity index (χ1) is 6.91. The summed E-state index contributed by atoms with van der Waals surface area (Å²) in [6, 6.07) is 0. The summed E-state index contributed by atoms with van der Waals surface area (Å²) in [5, 5.41) is 0. The highest BCUT2D eigenvalue weighted by Crippen LogP contribution is 2.25. The molecule has 1 N–H and O–H groups in total. The van der Waals surface area contributed by atoms with Gasteiger partial charge < -0.3 is 0 Å². The molecule has 0 heterocycles. The van der Waals surface area contributed by atoms with Crippen LogP contribution in [0.3, 0.4) is 0 Å². The number of hydrogen-bond donors (Lipinski definition) is 1. The Bertz CT molecular complexity index is 169. The smallest absolute Gasteiger partial charge is 0.133 e. The van der Waals surface area contributed by atoms with Crippen LogP contribution in [0.1, 0.15) is 53.4 Å². The van der Waals surface area contributed by atoms with E-state index in [2.05, 4.69) is 27.7 Å². The first kappa shape index (κ1) is 15.0. The fourth-order valence-electron chi connectivity index (χ4n) is 1.42. The first-order valence-corrected chi connectivity index (χ1v) is 6.87. The highest BCUT2D eigenvalue weighted by Gasteiger charge is 2.22. The monoisotopic (exact) mass is 235 g/mol. The van der Waals surface area contributed by atoms with Crippen molar-refractivity contribution in [1.82, 2.24) is 0 Å². The van der Waals surface area contributed by atoms with Crippen LogP contribution in [0.4, 0.5) is 0 Å². The van der Waals surface area contributed by atoms with E-state index >= 15 is 0 Å². The van der Waals surface area contributed by atoms with Crippen LogP contribution in [0, 0.1) is 11.8 Å². The standard InChI is InChI=1S/C11H23O3P/c1-9(2)5-7-11(14-15(12)13)8-6-10(3)4/h9-11H,5-8H2,1-4H3/p+1. The van der Waals surface area contributed by atoms with Gasteiger partial charge in [0, 0.05) is 4.57 Å². The second-order valence-corrected chi connectivity index (χ2v) is 5.59. The zero-order chi connectivity index (χ0) is 11.8. The van der Waals surface area contributed by atoms with Gasteiger partial charge in [-0.1, -0.05) is 27.7 Å². The van der Waals surface area contributed by atoms with Crippen molar-refractivity contribution in [1.29, 1.82) is 0 Å². The normalized spacial score (nSPS) is 12.9. The Hall–Kier alpha value is 0.0200. The van der Waals surface area contributed by atoms with Gasteiger partial charge in [-0.25, -0.2) is 0 Å². The van der Waals surface area contributed by atoms with Crippen LogP contribution >= 0.6 is 8.25 Å². The maximum atomic E-state index is 10.6. The highest BCUT2D eigenvalue weighted by molar-refractivity contribution is 7.32. The Morgan fingerprint density at radius 3 is 1.67 bits per heavy atom. The molecule has 0 aromatic carbocycles. The second-order valence-electron chi connectivity index (χ2n) is 4.91. The van der Waals surface area contributed by atoms with Crippen LogP contribution in [-0.4, -0.2) is 11.0 Å². The Labute approximate surface area is 94.2 Å². The Morgan fingerprint density at radius 1 is 1.00 bits per heavy atom. The van der Waals surface area contributed by atoms with Crippen LogP contribution in [-0.2, 0) is 9.09 Å². The van der Waals surface area contributed by atoms with Gasteiger partial charge in [0.1, 0.15) is 6.10 Å². The summed E-state index contributed by atoms with van der Waals surface area (Å²) in [5.74, 6) is 1.23. The zero-order valence-corrected chi connectivity index (χ0v) is 11.2. The van der Waals surface area contributed by atoms with Crippen LogP contribution in [0.2, 0.25) is 0 Å². The topological polar surface area (TPSA) is 46.5 Å². The molecule has 0 saturated heterocycles. The second kappa shape index (κ2) is 8.20. The molecule has 0 aromatic rings. The molecule has 15 heavy (non-hydrogen) atoms. The molecule has 0 fully saturated rings.